The Morgan fingerprint density at radius 2 is 1.94 bits per heavy atom. The maximum Gasteiger partial charge on any atom is 0.124 e. The van der Waals surface area contributed by atoms with Gasteiger partial charge in [-0.2, -0.15) is 0 Å². The monoisotopic (exact) mass is 249 g/mol. The first-order valence-corrected chi connectivity index (χ1v) is 6.70. The Balaban J connectivity index is 2.08. The summed E-state index contributed by atoms with van der Waals surface area (Å²) in [5.74, 6) is 0.925. The number of hydrogen-bond acceptors (Lipinski definition) is 3. The van der Waals surface area contributed by atoms with E-state index in [0.29, 0.717) is 6.54 Å². The maximum absolute atomic E-state index is 6.11. The average Bonchev–Trinajstić information content (AvgIpc) is 2.30. The summed E-state index contributed by atoms with van der Waals surface area (Å²) in [6.45, 7) is 6.79. The van der Waals surface area contributed by atoms with Gasteiger partial charge in [-0.3, -0.25) is 0 Å². The fourth-order valence-corrected chi connectivity index (χ4v) is 2.60. The molecule has 1 aliphatic heterocycles. The molecule has 0 spiro atoms. The van der Waals surface area contributed by atoms with E-state index in [-0.39, 0.29) is 18.3 Å². The van der Waals surface area contributed by atoms with Gasteiger partial charge in [-0.15, -0.1) is 0 Å². The summed E-state index contributed by atoms with van der Waals surface area (Å²) in [5.41, 5.74) is 8.08. The van der Waals surface area contributed by atoms with Crippen molar-refractivity contribution in [1.82, 2.24) is 0 Å². The van der Waals surface area contributed by atoms with Gasteiger partial charge in [-0.1, -0.05) is 17.7 Å². The number of nitrogens with two attached hydrogens (primary N) is 1. The van der Waals surface area contributed by atoms with Gasteiger partial charge >= 0.3 is 0 Å². The summed E-state index contributed by atoms with van der Waals surface area (Å²) in [6, 6.07) is 6.20. The van der Waals surface area contributed by atoms with Crippen LogP contribution in [0.5, 0.6) is 5.75 Å². The lowest BCUT2D eigenvalue weighted by Gasteiger charge is -2.32. The van der Waals surface area contributed by atoms with Crippen LogP contribution in [0.1, 0.15) is 37.8 Å². The topological polar surface area (TPSA) is 44.5 Å². The van der Waals surface area contributed by atoms with Gasteiger partial charge in [-0.05, 0) is 26.8 Å². The van der Waals surface area contributed by atoms with Crippen molar-refractivity contribution in [2.45, 2.75) is 58.5 Å². The van der Waals surface area contributed by atoms with Crippen LogP contribution in [0, 0.1) is 6.92 Å². The van der Waals surface area contributed by atoms with E-state index in [2.05, 4.69) is 32.9 Å². The Morgan fingerprint density at radius 3 is 2.56 bits per heavy atom. The third-order valence-corrected chi connectivity index (χ3v) is 3.38. The standard InChI is InChI=1S/C15H23NO2/c1-10-4-5-15(13(6-10)9-16)18-14-7-11(2)17-12(3)8-14/h4-6,11-12,14H,7-9,16H2,1-3H3. The molecule has 0 amide bonds. The van der Waals surface area contributed by atoms with Crippen molar-refractivity contribution < 1.29 is 9.47 Å². The van der Waals surface area contributed by atoms with Crippen molar-refractivity contribution in [3.05, 3.63) is 29.3 Å². The van der Waals surface area contributed by atoms with Crippen molar-refractivity contribution in [1.29, 1.82) is 0 Å². The summed E-state index contributed by atoms with van der Waals surface area (Å²) in [4.78, 5) is 0. The van der Waals surface area contributed by atoms with Crippen LogP contribution >= 0.6 is 0 Å². The number of rotatable bonds is 3. The van der Waals surface area contributed by atoms with E-state index in [0.717, 1.165) is 24.2 Å². The molecular formula is C15H23NO2. The Labute approximate surface area is 109 Å². The lowest BCUT2D eigenvalue weighted by atomic mass is 10.0. The average molecular weight is 249 g/mol. The largest absolute Gasteiger partial charge is 0.490 e. The van der Waals surface area contributed by atoms with Crippen LogP contribution in [0.4, 0.5) is 0 Å². The number of aryl methyl sites for hydroxylation is 1. The zero-order chi connectivity index (χ0) is 13.1. The van der Waals surface area contributed by atoms with E-state index in [4.69, 9.17) is 15.2 Å². The second-order valence-electron chi connectivity index (χ2n) is 5.28. The fraction of sp³-hybridized carbons (Fsp3) is 0.600. The van der Waals surface area contributed by atoms with Crippen LogP contribution in [-0.4, -0.2) is 18.3 Å². The molecule has 2 atom stereocenters. The molecule has 1 saturated heterocycles. The molecule has 0 radical (unpaired) electrons. The highest BCUT2D eigenvalue weighted by molar-refractivity contribution is 5.36. The minimum absolute atomic E-state index is 0.233. The van der Waals surface area contributed by atoms with E-state index in [1.165, 1.54) is 5.56 Å². The molecule has 3 heteroatoms. The smallest absolute Gasteiger partial charge is 0.124 e. The van der Waals surface area contributed by atoms with Gasteiger partial charge in [0.1, 0.15) is 11.9 Å². The number of ether oxygens (including phenoxy) is 2. The quantitative estimate of drug-likeness (QED) is 0.896. The predicted molar refractivity (Wildman–Crippen MR) is 72.7 cm³/mol. The first kappa shape index (κ1) is 13.4. The van der Waals surface area contributed by atoms with Crippen molar-refractivity contribution in [3.8, 4) is 5.75 Å². The molecule has 1 aliphatic rings. The minimum Gasteiger partial charge on any atom is -0.490 e. The predicted octanol–water partition coefficient (Wildman–Crippen LogP) is 2.79. The van der Waals surface area contributed by atoms with Crippen LogP contribution in [0.2, 0.25) is 0 Å². The van der Waals surface area contributed by atoms with Gasteiger partial charge in [0.25, 0.3) is 0 Å². The van der Waals surface area contributed by atoms with Gasteiger partial charge in [-0.25, -0.2) is 0 Å². The second-order valence-corrected chi connectivity index (χ2v) is 5.28. The van der Waals surface area contributed by atoms with Gasteiger partial charge in [0.15, 0.2) is 0 Å². The van der Waals surface area contributed by atoms with E-state index in [1.54, 1.807) is 0 Å². The molecule has 3 nitrogen and oxygen atoms in total. The van der Waals surface area contributed by atoms with Crippen LogP contribution in [0.15, 0.2) is 18.2 Å². The van der Waals surface area contributed by atoms with Crippen molar-refractivity contribution in [2.75, 3.05) is 0 Å². The van der Waals surface area contributed by atoms with Crippen LogP contribution < -0.4 is 10.5 Å². The third-order valence-electron chi connectivity index (χ3n) is 3.38. The molecule has 2 rings (SSSR count). The van der Waals surface area contributed by atoms with Gasteiger partial charge < -0.3 is 15.2 Å². The molecule has 0 bridgehead atoms. The lowest BCUT2D eigenvalue weighted by Crippen LogP contribution is -2.35. The highest BCUT2D eigenvalue weighted by Crippen LogP contribution is 2.27. The van der Waals surface area contributed by atoms with Crippen molar-refractivity contribution in [2.24, 2.45) is 5.73 Å². The number of hydrogen-bond donors (Lipinski definition) is 1. The number of benzene rings is 1. The van der Waals surface area contributed by atoms with E-state index >= 15 is 0 Å². The molecule has 0 aromatic heterocycles. The molecule has 2 N–H and O–H groups in total. The van der Waals surface area contributed by atoms with Crippen molar-refractivity contribution >= 4 is 0 Å². The normalized spacial score (nSPS) is 28.1. The summed E-state index contributed by atoms with van der Waals surface area (Å²) in [5, 5.41) is 0. The zero-order valence-electron chi connectivity index (χ0n) is 11.5. The third kappa shape index (κ3) is 3.24. The molecule has 1 heterocycles. The van der Waals surface area contributed by atoms with Crippen LogP contribution in [0.25, 0.3) is 0 Å². The van der Waals surface area contributed by atoms with E-state index in [9.17, 15) is 0 Å². The SMILES string of the molecule is Cc1ccc(OC2CC(C)OC(C)C2)c(CN)c1. The summed E-state index contributed by atoms with van der Waals surface area (Å²) in [7, 11) is 0. The second kappa shape index (κ2) is 5.72. The molecule has 1 aromatic rings. The molecule has 100 valence electrons. The van der Waals surface area contributed by atoms with Crippen molar-refractivity contribution in [3.63, 3.8) is 0 Å². The van der Waals surface area contributed by atoms with E-state index in [1.807, 2.05) is 6.07 Å². The van der Waals surface area contributed by atoms with Gasteiger partial charge in [0, 0.05) is 24.9 Å². The minimum atomic E-state index is 0.233. The van der Waals surface area contributed by atoms with Crippen LogP contribution in [0.3, 0.4) is 0 Å². The molecule has 0 aliphatic carbocycles. The Bertz CT molecular complexity index is 395. The summed E-state index contributed by atoms with van der Waals surface area (Å²) < 4.78 is 11.8. The fourth-order valence-electron chi connectivity index (χ4n) is 2.60. The summed E-state index contributed by atoms with van der Waals surface area (Å²) in [6.07, 6.45) is 2.66. The lowest BCUT2D eigenvalue weighted by molar-refractivity contribution is -0.0723. The zero-order valence-corrected chi connectivity index (χ0v) is 11.5. The van der Waals surface area contributed by atoms with Gasteiger partial charge in [0.2, 0.25) is 0 Å². The summed E-state index contributed by atoms with van der Waals surface area (Å²) >= 11 is 0. The maximum atomic E-state index is 6.11. The molecule has 1 aromatic carbocycles. The molecule has 0 saturated carbocycles. The molecular weight excluding hydrogens is 226 g/mol. The molecule has 1 fully saturated rings. The molecule has 2 unspecified atom stereocenters. The Morgan fingerprint density at radius 1 is 1.28 bits per heavy atom. The molecule has 18 heavy (non-hydrogen) atoms. The Kier molecular flexibility index (Phi) is 4.25. The Hall–Kier alpha value is -1.06. The van der Waals surface area contributed by atoms with E-state index < -0.39 is 0 Å². The highest BCUT2D eigenvalue weighted by Gasteiger charge is 2.26. The first-order valence-electron chi connectivity index (χ1n) is 6.70. The van der Waals surface area contributed by atoms with Crippen LogP contribution in [-0.2, 0) is 11.3 Å². The first-order chi connectivity index (χ1) is 8.58. The highest BCUT2D eigenvalue weighted by atomic mass is 16.5. The van der Waals surface area contributed by atoms with Gasteiger partial charge in [0.05, 0.1) is 12.2 Å².